The van der Waals surface area contributed by atoms with Crippen molar-refractivity contribution in [1.29, 1.82) is 0 Å². The molecular formula is C23H22F4N6O2. The van der Waals surface area contributed by atoms with Gasteiger partial charge in [-0.2, -0.15) is 0 Å². The molecule has 1 aliphatic heterocycles. The van der Waals surface area contributed by atoms with E-state index in [1.165, 1.54) is 18.3 Å². The molecule has 184 valence electrons. The zero-order chi connectivity index (χ0) is 25.0. The third-order valence-corrected chi connectivity index (χ3v) is 6.66. The number of ketones is 1. The molecule has 3 aromatic rings. The second-order valence-corrected chi connectivity index (χ2v) is 9.10. The van der Waals surface area contributed by atoms with E-state index in [1.54, 1.807) is 23.6 Å². The molecule has 2 aromatic heterocycles. The van der Waals surface area contributed by atoms with E-state index < -0.39 is 42.2 Å². The molecule has 3 heterocycles. The summed E-state index contributed by atoms with van der Waals surface area (Å²) in [6, 6.07) is 5.69. The van der Waals surface area contributed by atoms with Crippen molar-refractivity contribution >= 4 is 17.4 Å². The zero-order valence-corrected chi connectivity index (χ0v) is 18.7. The quantitative estimate of drug-likeness (QED) is 0.268. The summed E-state index contributed by atoms with van der Waals surface area (Å²) >= 11 is 0. The lowest BCUT2D eigenvalue weighted by molar-refractivity contribution is -0.148. The van der Waals surface area contributed by atoms with E-state index in [0.29, 0.717) is 22.6 Å². The monoisotopic (exact) mass is 490 g/mol. The summed E-state index contributed by atoms with van der Waals surface area (Å²) in [7, 11) is 0. The van der Waals surface area contributed by atoms with E-state index in [-0.39, 0.29) is 36.6 Å². The molecule has 5 rings (SSSR count). The number of Topliss-reactive ketones (excluding diaryl/α,β-unsaturated/α-hetero) is 1. The number of alkyl halides is 3. The minimum absolute atomic E-state index is 0.0284. The minimum atomic E-state index is -3.01. The maximum atomic E-state index is 14.3. The number of rotatable bonds is 7. The van der Waals surface area contributed by atoms with Gasteiger partial charge in [-0.15, -0.1) is 5.10 Å². The predicted molar refractivity (Wildman–Crippen MR) is 116 cm³/mol. The number of aromatic nitrogens is 4. The van der Waals surface area contributed by atoms with Crippen molar-refractivity contribution in [2.45, 2.75) is 56.9 Å². The lowest BCUT2D eigenvalue weighted by Crippen LogP contribution is -2.61. The molecule has 2 aliphatic rings. The second-order valence-electron chi connectivity index (χ2n) is 9.10. The fourth-order valence-corrected chi connectivity index (χ4v) is 5.04. The van der Waals surface area contributed by atoms with E-state index in [9.17, 15) is 27.2 Å². The van der Waals surface area contributed by atoms with E-state index >= 15 is 0 Å². The fraction of sp³-hybridized carbons (Fsp3) is 0.391. The van der Waals surface area contributed by atoms with Crippen LogP contribution in [0.4, 0.5) is 23.2 Å². The molecule has 0 unspecified atom stereocenters. The van der Waals surface area contributed by atoms with Gasteiger partial charge in [0, 0.05) is 42.5 Å². The number of fused-ring (bicyclic) bond motifs is 1. The lowest BCUT2D eigenvalue weighted by Gasteiger charge is -2.46. The lowest BCUT2D eigenvalue weighted by atomic mass is 9.71. The summed E-state index contributed by atoms with van der Waals surface area (Å²) in [5.41, 5.74) is 0.785. The summed E-state index contributed by atoms with van der Waals surface area (Å²) in [5.74, 6) is -5.39. The molecule has 1 saturated carbocycles. The van der Waals surface area contributed by atoms with Crippen molar-refractivity contribution < 1.29 is 27.2 Å². The number of amides is 1. The molecule has 0 spiro atoms. The van der Waals surface area contributed by atoms with Crippen LogP contribution in [0.15, 0.2) is 30.5 Å². The number of carbonyl (C=O) groups excluding carboxylic acids is 2. The van der Waals surface area contributed by atoms with E-state index in [1.807, 2.05) is 0 Å². The van der Waals surface area contributed by atoms with Gasteiger partial charge in [-0.25, -0.2) is 17.6 Å². The SMILES string of the molecule is Cc1c(C(=O)C(=O)NC2(c3c[nH]nn3)CC(F)(F)C2)c2n(c1CNc1ccc(F)cc1)C[C@H](F)C2. The van der Waals surface area contributed by atoms with Crippen molar-refractivity contribution in [3.63, 3.8) is 0 Å². The average Bonchev–Trinajstić information content (AvgIpc) is 3.49. The first-order valence-corrected chi connectivity index (χ1v) is 11.0. The Morgan fingerprint density at radius 2 is 1.94 bits per heavy atom. The molecule has 1 aliphatic carbocycles. The molecule has 8 nitrogen and oxygen atoms in total. The number of carbonyl (C=O) groups is 2. The van der Waals surface area contributed by atoms with Crippen LogP contribution < -0.4 is 10.6 Å². The van der Waals surface area contributed by atoms with Crippen molar-refractivity contribution in [3.05, 3.63) is 64.5 Å². The summed E-state index contributed by atoms with van der Waals surface area (Å²) in [4.78, 5) is 26.3. The molecule has 1 fully saturated rings. The highest BCUT2D eigenvalue weighted by molar-refractivity contribution is 6.43. The van der Waals surface area contributed by atoms with Crippen molar-refractivity contribution in [3.8, 4) is 0 Å². The molecule has 35 heavy (non-hydrogen) atoms. The Bertz CT molecular complexity index is 1280. The van der Waals surface area contributed by atoms with Gasteiger partial charge in [-0.1, -0.05) is 5.21 Å². The number of benzene rings is 1. The van der Waals surface area contributed by atoms with Gasteiger partial charge in [0.15, 0.2) is 0 Å². The second kappa shape index (κ2) is 8.21. The number of hydrogen-bond acceptors (Lipinski definition) is 5. The molecule has 1 atom stereocenters. The summed E-state index contributed by atoms with van der Waals surface area (Å²) in [6.45, 7) is 1.90. The number of nitrogens with zero attached hydrogens (tertiary/aromatic N) is 3. The smallest absolute Gasteiger partial charge is 0.293 e. The van der Waals surface area contributed by atoms with Gasteiger partial charge in [-0.3, -0.25) is 14.7 Å². The van der Waals surface area contributed by atoms with Crippen LogP contribution >= 0.6 is 0 Å². The van der Waals surface area contributed by atoms with Crippen LogP contribution in [0.5, 0.6) is 0 Å². The van der Waals surface area contributed by atoms with Gasteiger partial charge in [0.2, 0.25) is 0 Å². The third-order valence-electron chi connectivity index (χ3n) is 6.66. The van der Waals surface area contributed by atoms with Gasteiger partial charge in [-0.05, 0) is 36.8 Å². The van der Waals surface area contributed by atoms with E-state index in [2.05, 4.69) is 26.0 Å². The van der Waals surface area contributed by atoms with Crippen LogP contribution in [0.25, 0.3) is 0 Å². The Hall–Kier alpha value is -3.70. The van der Waals surface area contributed by atoms with Crippen LogP contribution in [0.2, 0.25) is 0 Å². The van der Waals surface area contributed by atoms with Crippen LogP contribution in [-0.2, 0) is 29.8 Å². The standard InChI is InChI=1S/C23H22F4N6O2/c1-12-17(7-28-15-4-2-13(24)3-5-15)33-9-14(25)6-16(33)19(12)20(34)21(35)30-22(10-23(26,27)11-22)18-8-29-32-31-18/h2-5,8,14,28H,6-7,9-11H2,1H3,(H,30,35)(H,29,31,32)/t14-/m1/s1. The summed E-state index contributed by atoms with van der Waals surface area (Å²) < 4.78 is 56.7. The summed E-state index contributed by atoms with van der Waals surface area (Å²) in [5, 5.41) is 15.3. The first kappa shape index (κ1) is 23.1. The zero-order valence-electron chi connectivity index (χ0n) is 18.7. The first-order valence-electron chi connectivity index (χ1n) is 11.0. The normalized spacial score (nSPS) is 19.6. The van der Waals surface area contributed by atoms with Crippen molar-refractivity contribution in [1.82, 2.24) is 25.3 Å². The van der Waals surface area contributed by atoms with Gasteiger partial charge in [0.1, 0.15) is 17.7 Å². The number of nitrogens with one attached hydrogen (secondary N) is 3. The van der Waals surface area contributed by atoms with E-state index in [4.69, 9.17) is 0 Å². The molecule has 3 N–H and O–H groups in total. The van der Waals surface area contributed by atoms with Gasteiger partial charge >= 0.3 is 0 Å². The Kier molecular flexibility index (Phi) is 5.41. The molecule has 0 radical (unpaired) electrons. The van der Waals surface area contributed by atoms with Crippen LogP contribution in [0.1, 0.15) is 45.8 Å². The maximum Gasteiger partial charge on any atom is 0.293 e. The highest BCUT2D eigenvalue weighted by atomic mass is 19.3. The van der Waals surface area contributed by atoms with Crippen LogP contribution in [-0.4, -0.2) is 43.8 Å². The van der Waals surface area contributed by atoms with Crippen LogP contribution in [0, 0.1) is 12.7 Å². The molecular weight excluding hydrogens is 468 g/mol. The number of hydrogen-bond donors (Lipinski definition) is 3. The molecule has 0 bridgehead atoms. The largest absolute Gasteiger partial charge is 0.379 e. The number of H-pyrrole nitrogens is 1. The average molecular weight is 490 g/mol. The minimum Gasteiger partial charge on any atom is -0.379 e. The number of halogens is 4. The van der Waals surface area contributed by atoms with Gasteiger partial charge in [0.25, 0.3) is 17.6 Å². The van der Waals surface area contributed by atoms with E-state index in [0.717, 1.165) is 0 Å². The topological polar surface area (TPSA) is 105 Å². The third kappa shape index (κ3) is 4.06. The Morgan fingerprint density at radius 1 is 1.23 bits per heavy atom. The fourth-order valence-electron chi connectivity index (χ4n) is 5.04. The number of anilines is 1. The Labute approximate surface area is 197 Å². The molecule has 0 saturated heterocycles. The highest BCUT2D eigenvalue weighted by Crippen LogP contribution is 2.51. The van der Waals surface area contributed by atoms with Crippen molar-refractivity contribution in [2.24, 2.45) is 0 Å². The number of aromatic amines is 1. The molecule has 1 amide bonds. The Balaban J connectivity index is 1.41. The van der Waals surface area contributed by atoms with Gasteiger partial charge < -0.3 is 15.2 Å². The van der Waals surface area contributed by atoms with Crippen molar-refractivity contribution in [2.75, 3.05) is 5.32 Å². The Morgan fingerprint density at radius 3 is 2.57 bits per heavy atom. The predicted octanol–water partition coefficient (Wildman–Crippen LogP) is 3.18. The molecule has 12 heteroatoms. The maximum absolute atomic E-state index is 14.3. The first-order chi connectivity index (χ1) is 16.6. The molecule has 1 aromatic carbocycles. The highest BCUT2D eigenvalue weighted by Gasteiger charge is 2.60. The van der Waals surface area contributed by atoms with Gasteiger partial charge in [0.05, 0.1) is 24.2 Å². The van der Waals surface area contributed by atoms with Crippen LogP contribution in [0.3, 0.4) is 0 Å². The summed E-state index contributed by atoms with van der Waals surface area (Å²) in [6.07, 6.45) is -1.39.